The summed E-state index contributed by atoms with van der Waals surface area (Å²) in [5, 5.41) is 7.00. The largest absolute Gasteiger partial charge is 0.466 e. The maximum atomic E-state index is 10.2. The second kappa shape index (κ2) is 6.95. The minimum atomic E-state index is -0.347. The Morgan fingerprint density at radius 1 is 0.952 bits per heavy atom. The van der Waals surface area contributed by atoms with Gasteiger partial charge in [0.05, 0.1) is 7.11 Å². The van der Waals surface area contributed by atoms with Crippen LogP contribution in [0.5, 0.6) is 0 Å². The summed E-state index contributed by atoms with van der Waals surface area (Å²) in [7, 11) is 2.33. The Balaban J connectivity index is 0.000000158. The summed E-state index contributed by atoms with van der Waals surface area (Å²) in [6.45, 7) is 4.95. The number of hydrogen-bond donors (Lipinski definition) is 1. The van der Waals surface area contributed by atoms with Crippen molar-refractivity contribution in [2.75, 3.05) is 14.2 Å². The van der Waals surface area contributed by atoms with Gasteiger partial charge in [-0.05, 0) is 81.0 Å². The zero-order chi connectivity index (χ0) is 15.6. The van der Waals surface area contributed by atoms with E-state index in [9.17, 15) is 4.79 Å². The molecule has 21 heavy (non-hydrogen) atoms. The maximum absolute atomic E-state index is 10.2. The van der Waals surface area contributed by atoms with E-state index in [0.717, 1.165) is 7.11 Å². The van der Waals surface area contributed by atoms with E-state index in [0.29, 0.717) is 5.57 Å². The molecule has 4 fully saturated rings. The molecule has 4 unspecified atom stereocenters. The predicted molar refractivity (Wildman–Crippen MR) is 83.6 cm³/mol. The van der Waals surface area contributed by atoms with E-state index in [1.807, 2.05) is 0 Å². The molecule has 0 aliphatic heterocycles. The van der Waals surface area contributed by atoms with E-state index in [1.54, 1.807) is 45.4 Å². The molecule has 3 heteroatoms. The molecule has 0 radical (unpaired) electrons. The van der Waals surface area contributed by atoms with Crippen molar-refractivity contribution in [2.24, 2.45) is 35.5 Å². The third kappa shape index (κ3) is 3.03. The number of esters is 1. The van der Waals surface area contributed by atoms with E-state index < -0.39 is 0 Å². The number of aliphatic hydroxyl groups is 1. The highest BCUT2D eigenvalue weighted by Gasteiger charge is 2.59. The van der Waals surface area contributed by atoms with E-state index in [1.165, 1.54) is 42.6 Å². The number of carbonyl (C=O) groups excluding carboxylic acids is 1. The van der Waals surface area contributed by atoms with Gasteiger partial charge in [0.2, 0.25) is 0 Å². The lowest BCUT2D eigenvalue weighted by Gasteiger charge is -2.34. The normalized spacial score (nSPS) is 40.6. The van der Waals surface area contributed by atoms with Gasteiger partial charge in [0.1, 0.15) is 0 Å². The van der Waals surface area contributed by atoms with Crippen molar-refractivity contribution in [3.8, 4) is 0 Å². The van der Waals surface area contributed by atoms with Crippen molar-refractivity contribution in [3.05, 3.63) is 12.2 Å². The van der Waals surface area contributed by atoms with Gasteiger partial charge in [-0.3, -0.25) is 0 Å². The Morgan fingerprint density at radius 3 is 1.48 bits per heavy atom. The van der Waals surface area contributed by atoms with Crippen LogP contribution in [0.15, 0.2) is 12.2 Å². The van der Waals surface area contributed by atoms with Crippen LogP contribution in [0, 0.1) is 35.5 Å². The molecule has 1 N–H and O–H groups in total. The summed E-state index contributed by atoms with van der Waals surface area (Å²) in [6, 6.07) is 0. The first-order chi connectivity index (χ1) is 10.1. The fourth-order valence-electron chi connectivity index (χ4n) is 5.70. The Labute approximate surface area is 128 Å². The summed E-state index contributed by atoms with van der Waals surface area (Å²) in [4.78, 5) is 10.2. The molecule has 120 valence electrons. The van der Waals surface area contributed by atoms with Gasteiger partial charge in [0.25, 0.3) is 0 Å². The number of rotatable bonds is 1. The Hall–Kier alpha value is -0.830. The van der Waals surface area contributed by atoms with Crippen LogP contribution in [-0.2, 0) is 9.53 Å². The van der Waals surface area contributed by atoms with Crippen LogP contribution in [0.1, 0.15) is 45.4 Å². The van der Waals surface area contributed by atoms with Gasteiger partial charge in [-0.15, -0.1) is 0 Å². The fraction of sp³-hybridized carbons (Fsp3) is 0.833. The summed E-state index contributed by atoms with van der Waals surface area (Å²) in [5.74, 6) is 6.95. The summed E-state index contributed by atoms with van der Waals surface area (Å²) < 4.78 is 4.27. The van der Waals surface area contributed by atoms with Crippen LogP contribution in [0.3, 0.4) is 0 Å². The molecule has 4 bridgehead atoms. The highest BCUT2D eigenvalue weighted by Crippen LogP contribution is 2.67. The standard InChI is InChI=1S/C12H18.C5H8O2.CH4O/c1-2-8-5-7(1)11-9-3-4-10(6-9)12(8)11;1-4(2)5(6)7-3;1-2/h7-12H,1-6H2;1H2,2-3H3;2H,1H3. The Bertz CT molecular complexity index is 346. The second-order valence-electron chi connectivity index (χ2n) is 7.09. The van der Waals surface area contributed by atoms with Crippen molar-refractivity contribution in [3.63, 3.8) is 0 Å². The first-order valence-electron chi connectivity index (χ1n) is 8.30. The zero-order valence-corrected chi connectivity index (χ0v) is 13.7. The number of carbonyl (C=O) groups is 1. The average Bonchev–Trinajstić information content (AvgIpc) is 3.27. The molecule has 0 aromatic carbocycles. The van der Waals surface area contributed by atoms with Gasteiger partial charge >= 0.3 is 5.97 Å². The molecule has 0 aromatic rings. The zero-order valence-electron chi connectivity index (χ0n) is 13.7. The third-order valence-electron chi connectivity index (χ3n) is 6.18. The van der Waals surface area contributed by atoms with Crippen LogP contribution in [0.2, 0.25) is 0 Å². The van der Waals surface area contributed by atoms with Gasteiger partial charge in [-0.25, -0.2) is 4.79 Å². The topological polar surface area (TPSA) is 46.5 Å². The minimum Gasteiger partial charge on any atom is -0.466 e. The molecule has 0 spiro atoms. The van der Waals surface area contributed by atoms with Crippen LogP contribution >= 0.6 is 0 Å². The molecule has 0 aromatic heterocycles. The average molecular weight is 294 g/mol. The van der Waals surface area contributed by atoms with Gasteiger partial charge in [-0.2, -0.15) is 0 Å². The Morgan fingerprint density at radius 2 is 1.29 bits per heavy atom. The minimum absolute atomic E-state index is 0.347. The quantitative estimate of drug-likeness (QED) is 0.458. The smallest absolute Gasteiger partial charge is 0.332 e. The van der Waals surface area contributed by atoms with E-state index in [-0.39, 0.29) is 5.97 Å². The van der Waals surface area contributed by atoms with E-state index >= 15 is 0 Å². The molecule has 4 rings (SSSR count). The predicted octanol–water partition coefficient (Wildman–Crippen LogP) is 3.42. The van der Waals surface area contributed by atoms with E-state index in [4.69, 9.17) is 5.11 Å². The molecule has 4 aliphatic rings. The molecular formula is C18H30O3. The van der Waals surface area contributed by atoms with Gasteiger partial charge in [0.15, 0.2) is 0 Å². The molecule has 4 atom stereocenters. The summed E-state index contributed by atoms with van der Waals surface area (Å²) in [5.41, 5.74) is 0.433. The second-order valence-corrected chi connectivity index (χ2v) is 7.09. The molecule has 4 aliphatic carbocycles. The van der Waals surface area contributed by atoms with Crippen molar-refractivity contribution < 1.29 is 14.6 Å². The van der Waals surface area contributed by atoms with Gasteiger partial charge < -0.3 is 9.84 Å². The highest BCUT2D eigenvalue weighted by atomic mass is 16.5. The van der Waals surface area contributed by atoms with Crippen LogP contribution in [-0.4, -0.2) is 25.3 Å². The third-order valence-corrected chi connectivity index (χ3v) is 6.18. The van der Waals surface area contributed by atoms with Crippen molar-refractivity contribution in [2.45, 2.75) is 45.4 Å². The number of hydrogen-bond acceptors (Lipinski definition) is 3. The molecule has 3 nitrogen and oxygen atoms in total. The first kappa shape index (κ1) is 16.5. The molecule has 0 heterocycles. The molecule has 0 amide bonds. The highest BCUT2D eigenvalue weighted by molar-refractivity contribution is 5.86. The summed E-state index contributed by atoms with van der Waals surface area (Å²) in [6.07, 6.45) is 9.71. The number of ether oxygens (including phenoxy) is 1. The lowest BCUT2D eigenvalue weighted by molar-refractivity contribution is -0.136. The SMILES string of the molecule is C1CC2CC1C1C3CCC(C3)C21.C=C(C)C(=O)OC.CO. The maximum Gasteiger partial charge on any atom is 0.332 e. The number of fused-ring (bicyclic) bond motifs is 9. The van der Waals surface area contributed by atoms with E-state index in [2.05, 4.69) is 11.3 Å². The van der Waals surface area contributed by atoms with Crippen LogP contribution < -0.4 is 0 Å². The lowest BCUT2D eigenvalue weighted by Crippen LogP contribution is -2.27. The van der Waals surface area contributed by atoms with Crippen molar-refractivity contribution in [1.82, 2.24) is 0 Å². The summed E-state index contributed by atoms with van der Waals surface area (Å²) >= 11 is 0. The number of aliphatic hydroxyl groups excluding tert-OH is 1. The Kier molecular flexibility index (Phi) is 5.48. The molecule has 4 saturated carbocycles. The monoisotopic (exact) mass is 294 g/mol. The van der Waals surface area contributed by atoms with Crippen molar-refractivity contribution in [1.29, 1.82) is 0 Å². The number of methoxy groups -OCH3 is 1. The van der Waals surface area contributed by atoms with Crippen molar-refractivity contribution >= 4 is 5.97 Å². The molecular weight excluding hydrogens is 264 g/mol. The molecule has 0 saturated heterocycles. The van der Waals surface area contributed by atoms with Gasteiger partial charge in [-0.1, -0.05) is 6.58 Å². The lowest BCUT2D eigenvalue weighted by atomic mass is 9.71. The van der Waals surface area contributed by atoms with Gasteiger partial charge in [0, 0.05) is 12.7 Å². The van der Waals surface area contributed by atoms with Crippen LogP contribution in [0.25, 0.3) is 0 Å². The first-order valence-corrected chi connectivity index (χ1v) is 8.30. The fourth-order valence-corrected chi connectivity index (χ4v) is 5.70. The van der Waals surface area contributed by atoms with Crippen LogP contribution in [0.4, 0.5) is 0 Å².